The van der Waals surface area contributed by atoms with Gasteiger partial charge in [-0.15, -0.1) is 0 Å². The maximum absolute atomic E-state index is 13.0. The van der Waals surface area contributed by atoms with Crippen molar-refractivity contribution in [1.82, 2.24) is 0 Å². The fourth-order valence-electron chi connectivity index (χ4n) is 2.83. The fourth-order valence-corrected chi connectivity index (χ4v) is 2.83. The van der Waals surface area contributed by atoms with Crippen LogP contribution < -0.4 is 0 Å². The van der Waals surface area contributed by atoms with Gasteiger partial charge in [-0.2, -0.15) is 8.78 Å². The van der Waals surface area contributed by atoms with E-state index in [1.165, 1.54) is 0 Å². The molecule has 3 aliphatic heterocycles. The van der Waals surface area contributed by atoms with Crippen LogP contribution in [0.3, 0.4) is 0 Å². The summed E-state index contributed by atoms with van der Waals surface area (Å²) in [6.07, 6.45) is -4.54. The molecule has 20 heavy (non-hydrogen) atoms. The molecule has 0 aromatic carbocycles. The summed E-state index contributed by atoms with van der Waals surface area (Å²) in [5.41, 5.74) is 0. The second-order valence-corrected chi connectivity index (χ2v) is 6.10. The molecular weight excluding hydrogens is 274 g/mol. The van der Waals surface area contributed by atoms with Gasteiger partial charge in [0.25, 0.3) is 0 Å². The molecule has 0 N–H and O–H groups in total. The van der Waals surface area contributed by atoms with Gasteiger partial charge in [0, 0.05) is 0 Å². The van der Waals surface area contributed by atoms with Gasteiger partial charge >= 0.3 is 6.08 Å². The van der Waals surface area contributed by atoms with Gasteiger partial charge in [0.15, 0.2) is 29.5 Å². The minimum absolute atomic E-state index is 0.270. The van der Waals surface area contributed by atoms with Crippen molar-refractivity contribution in [2.75, 3.05) is 6.61 Å². The number of ether oxygens (including phenoxy) is 5. The molecule has 0 saturated carbocycles. The Morgan fingerprint density at radius 3 is 2.25 bits per heavy atom. The highest BCUT2D eigenvalue weighted by Crippen LogP contribution is 2.44. The molecule has 3 fully saturated rings. The van der Waals surface area contributed by atoms with E-state index in [1.54, 1.807) is 27.7 Å². The standard InChI is InChI=1S/C13H18F2O5/c1-12(2)16-5-6(18-12)7-8-9(10(17-7)11(14)15)20-13(3,4)19-8/h6-9H,5H2,1-4H3/t6-,7-,8+,9+/m1/s1. The number of rotatable bonds is 1. The Hall–Kier alpha value is -0.760. The van der Waals surface area contributed by atoms with E-state index in [1.807, 2.05) is 0 Å². The highest BCUT2D eigenvalue weighted by atomic mass is 19.3. The first-order chi connectivity index (χ1) is 9.19. The van der Waals surface area contributed by atoms with Crippen LogP contribution in [0.5, 0.6) is 0 Å². The molecule has 0 radical (unpaired) electrons. The summed E-state index contributed by atoms with van der Waals surface area (Å²) in [7, 11) is 0. The SMILES string of the molecule is CC1(C)O[C@H]2[C@@H]([C@H]3COC(C)(C)O3)OC(=C(F)F)[C@H]2O1. The highest BCUT2D eigenvalue weighted by molar-refractivity contribution is 5.16. The highest BCUT2D eigenvalue weighted by Gasteiger charge is 2.59. The summed E-state index contributed by atoms with van der Waals surface area (Å²) in [5, 5.41) is 0. The van der Waals surface area contributed by atoms with Crippen molar-refractivity contribution < 1.29 is 32.5 Å². The van der Waals surface area contributed by atoms with Crippen LogP contribution in [0, 0.1) is 0 Å². The topological polar surface area (TPSA) is 46.2 Å². The normalized spacial score (nSPS) is 41.6. The van der Waals surface area contributed by atoms with Crippen LogP contribution in [-0.4, -0.2) is 42.6 Å². The molecule has 0 amide bonds. The third-order valence-electron chi connectivity index (χ3n) is 3.56. The van der Waals surface area contributed by atoms with Crippen molar-refractivity contribution in [3.8, 4) is 0 Å². The van der Waals surface area contributed by atoms with Crippen molar-refractivity contribution in [2.45, 2.75) is 63.7 Å². The maximum Gasteiger partial charge on any atom is 0.310 e. The summed E-state index contributed by atoms with van der Waals surface area (Å²) >= 11 is 0. The lowest BCUT2D eigenvalue weighted by Crippen LogP contribution is -2.40. The monoisotopic (exact) mass is 292 g/mol. The van der Waals surface area contributed by atoms with Crippen molar-refractivity contribution in [3.05, 3.63) is 11.8 Å². The van der Waals surface area contributed by atoms with E-state index in [-0.39, 0.29) is 6.61 Å². The summed E-state index contributed by atoms with van der Waals surface area (Å²) < 4.78 is 53.7. The van der Waals surface area contributed by atoms with Gasteiger partial charge in [-0.1, -0.05) is 0 Å². The van der Waals surface area contributed by atoms with E-state index in [4.69, 9.17) is 23.7 Å². The quantitative estimate of drug-likeness (QED) is 0.741. The summed E-state index contributed by atoms with van der Waals surface area (Å²) in [6, 6.07) is 0. The van der Waals surface area contributed by atoms with Gasteiger partial charge in [0.2, 0.25) is 0 Å². The predicted octanol–water partition coefficient (Wildman–Crippen LogP) is 2.16. The molecule has 3 rings (SSSR count). The Kier molecular flexibility index (Phi) is 3.10. The first-order valence-corrected chi connectivity index (χ1v) is 6.58. The van der Waals surface area contributed by atoms with Gasteiger partial charge in [0.1, 0.15) is 12.2 Å². The summed E-state index contributed by atoms with van der Waals surface area (Å²) in [6.45, 7) is 7.17. The van der Waals surface area contributed by atoms with Crippen molar-refractivity contribution >= 4 is 0 Å². The Morgan fingerprint density at radius 1 is 1.00 bits per heavy atom. The minimum Gasteiger partial charge on any atom is -0.481 e. The average Bonchev–Trinajstić information content (AvgIpc) is 2.88. The smallest absolute Gasteiger partial charge is 0.310 e. The summed E-state index contributed by atoms with van der Waals surface area (Å²) in [4.78, 5) is 0. The zero-order chi connectivity index (χ0) is 14.7. The first kappa shape index (κ1) is 14.2. The van der Waals surface area contributed by atoms with Crippen LogP contribution in [0.15, 0.2) is 11.8 Å². The Morgan fingerprint density at radius 2 is 1.70 bits per heavy atom. The molecule has 4 atom stereocenters. The van der Waals surface area contributed by atoms with Crippen molar-refractivity contribution in [2.24, 2.45) is 0 Å². The van der Waals surface area contributed by atoms with Crippen LogP contribution in [-0.2, 0) is 23.7 Å². The molecule has 0 bridgehead atoms. The Bertz CT molecular complexity index is 444. The molecule has 0 aromatic heterocycles. The molecule has 3 saturated heterocycles. The summed E-state index contributed by atoms with van der Waals surface area (Å²) in [5.74, 6) is -2.13. The zero-order valence-electron chi connectivity index (χ0n) is 11.8. The second kappa shape index (κ2) is 4.37. The lowest BCUT2D eigenvalue weighted by Gasteiger charge is -2.25. The van der Waals surface area contributed by atoms with Gasteiger partial charge in [0.05, 0.1) is 6.61 Å². The molecule has 0 unspecified atom stereocenters. The largest absolute Gasteiger partial charge is 0.481 e. The van der Waals surface area contributed by atoms with E-state index in [9.17, 15) is 8.78 Å². The van der Waals surface area contributed by atoms with E-state index >= 15 is 0 Å². The van der Waals surface area contributed by atoms with Gasteiger partial charge < -0.3 is 23.7 Å². The fraction of sp³-hybridized carbons (Fsp3) is 0.846. The van der Waals surface area contributed by atoms with Gasteiger partial charge in [-0.05, 0) is 27.7 Å². The molecule has 0 spiro atoms. The Labute approximate surface area is 115 Å². The van der Waals surface area contributed by atoms with E-state index in [0.717, 1.165) is 0 Å². The van der Waals surface area contributed by atoms with Gasteiger partial charge in [-0.3, -0.25) is 0 Å². The molecule has 3 aliphatic rings. The predicted molar refractivity (Wildman–Crippen MR) is 62.8 cm³/mol. The van der Waals surface area contributed by atoms with E-state index < -0.39 is 47.8 Å². The molecule has 0 aliphatic carbocycles. The number of fused-ring (bicyclic) bond motifs is 1. The lowest BCUT2D eigenvalue weighted by molar-refractivity contribution is -0.188. The molecular formula is C13H18F2O5. The van der Waals surface area contributed by atoms with Gasteiger partial charge in [-0.25, -0.2) is 0 Å². The third kappa shape index (κ3) is 2.32. The minimum atomic E-state index is -1.89. The number of hydrogen-bond donors (Lipinski definition) is 0. The first-order valence-electron chi connectivity index (χ1n) is 6.58. The molecule has 114 valence electrons. The van der Waals surface area contributed by atoms with Crippen LogP contribution >= 0.6 is 0 Å². The molecule has 0 aromatic rings. The van der Waals surface area contributed by atoms with Crippen LogP contribution in [0.2, 0.25) is 0 Å². The molecule has 7 heteroatoms. The van der Waals surface area contributed by atoms with E-state index in [2.05, 4.69) is 0 Å². The van der Waals surface area contributed by atoms with Crippen LogP contribution in [0.1, 0.15) is 27.7 Å². The Balaban J connectivity index is 1.85. The zero-order valence-corrected chi connectivity index (χ0v) is 11.8. The molecule has 5 nitrogen and oxygen atoms in total. The third-order valence-corrected chi connectivity index (χ3v) is 3.56. The maximum atomic E-state index is 13.0. The van der Waals surface area contributed by atoms with Crippen molar-refractivity contribution in [3.63, 3.8) is 0 Å². The number of halogens is 2. The van der Waals surface area contributed by atoms with Crippen LogP contribution in [0.25, 0.3) is 0 Å². The lowest BCUT2D eigenvalue weighted by atomic mass is 10.1. The van der Waals surface area contributed by atoms with E-state index in [0.29, 0.717) is 0 Å². The second-order valence-electron chi connectivity index (χ2n) is 6.10. The molecule has 3 heterocycles. The van der Waals surface area contributed by atoms with Crippen LogP contribution in [0.4, 0.5) is 8.78 Å². The number of hydrogen-bond acceptors (Lipinski definition) is 5. The average molecular weight is 292 g/mol. The van der Waals surface area contributed by atoms with Crippen molar-refractivity contribution in [1.29, 1.82) is 0 Å².